The summed E-state index contributed by atoms with van der Waals surface area (Å²) in [5.41, 5.74) is 4.07. The van der Waals surface area contributed by atoms with Gasteiger partial charge < -0.3 is 29.1 Å². The van der Waals surface area contributed by atoms with Gasteiger partial charge in [-0.25, -0.2) is 9.37 Å². The topological polar surface area (TPSA) is 84.4 Å². The summed E-state index contributed by atoms with van der Waals surface area (Å²) in [7, 11) is 4.52. The second kappa shape index (κ2) is 13.3. The number of carbonyl (C=O) groups excluding carboxylic acids is 1. The van der Waals surface area contributed by atoms with Crippen LogP contribution in [0.1, 0.15) is 39.9 Å². The van der Waals surface area contributed by atoms with Crippen molar-refractivity contribution in [2.45, 2.75) is 38.8 Å². The molecule has 1 saturated heterocycles. The summed E-state index contributed by atoms with van der Waals surface area (Å²) in [6, 6.07) is 17.8. The van der Waals surface area contributed by atoms with Crippen LogP contribution >= 0.6 is 0 Å². The van der Waals surface area contributed by atoms with E-state index in [9.17, 15) is 14.3 Å². The van der Waals surface area contributed by atoms with E-state index < -0.39 is 6.10 Å². The van der Waals surface area contributed by atoms with E-state index in [-0.39, 0.29) is 24.0 Å². The SMILES string of the molecule is COc1ccc(C(=O)N(CCc2ccc(F)cc2)Cc2cc3cccc(C)c3nc2N2CCCC(O)C2)c(OC)c1OC. The number of piperidine rings is 1. The first-order valence-electron chi connectivity index (χ1n) is 14.5. The number of pyridine rings is 1. The molecule has 4 aromatic rings. The molecule has 0 aliphatic carbocycles. The van der Waals surface area contributed by atoms with Crippen molar-refractivity contribution in [3.8, 4) is 17.2 Å². The lowest BCUT2D eigenvalue weighted by molar-refractivity contribution is 0.0740. The molecule has 0 spiro atoms. The van der Waals surface area contributed by atoms with Crippen LogP contribution in [0.15, 0.2) is 60.7 Å². The molecule has 226 valence electrons. The van der Waals surface area contributed by atoms with Crippen LogP contribution in [-0.2, 0) is 13.0 Å². The van der Waals surface area contributed by atoms with Gasteiger partial charge in [-0.05, 0) is 67.6 Å². The van der Waals surface area contributed by atoms with E-state index in [1.165, 1.54) is 33.5 Å². The van der Waals surface area contributed by atoms with Crippen molar-refractivity contribution >= 4 is 22.6 Å². The third-order valence-corrected chi connectivity index (χ3v) is 7.97. The fraction of sp³-hybridized carbons (Fsp3) is 0.353. The van der Waals surface area contributed by atoms with Crippen LogP contribution in [0, 0.1) is 12.7 Å². The number of halogens is 1. The van der Waals surface area contributed by atoms with Gasteiger partial charge >= 0.3 is 0 Å². The zero-order valence-corrected chi connectivity index (χ0v) is 25.1. The molecule has 1 atom stereocenters. The number of aliphatic hydroxyl groups excluding tert-OH is 1. The van der Waals surface area contributed by atoms with Gasteiger partial charge in [0.2, 0.25) is 5.75 Å². The number of hydrogen-bond donors (Lipinski definition) is 1. The van der Waals surface area contributed by atoms with Crippen molar-refractivity contribution in [1.29, 1.82) is 0 Å². The number of hydrogen-bond acceptors (Lipinski definition) is 7. The van der Waals surface area contributed by atoms with Crippen molar-refractivity contribution in [3.05, 3.63) is 88.7 Å². The van der Waals surface area contributed by atoms with Crippen molar-refractivity contribution in [1.82, 2.24) is 9.88 Å². The summed E-state index contributed by atoms with van der Waals surface area (Å²) in [4.78, 5) is 23.3. The molecule has 2 heterocycles. The van der Waals surface area contributed by atoms with Crippen molar-refractivity contribution < 1.29 is 28.5 Å². The van der Waals surface area contributed by atoms with E-state index in [4.69, 9.17) is 19.2 Å². The molecule has 0 bridgehead atoms. The molecule has 1 amide bonds. The maximum atomic E-state index is 14.3. The highest BCUT2D eigenvalue weighted by molar-refractivity contribution is 5.98. The fourth-order valence-electron chi connectivity index (χ4n) is 5.73. The fourth-order valence-corrected chi connectivity index (χ4v) is 5.73. The molecule has 1 aromatic heterocycles. The summed E-state index contributed by atoms with van der Waals surface area (Å²) >= 11 is 0. The van der Waals surface area contributed by atoms with Gasteiger partial charge in [0.05, 0.1) is 38.5 Å². The Labute approximate surface area is 251 Å². The van der Waals surface area contributed by atoms with Crippen LogP contribution in [-0.4, -0.2) is 68.0 Å². The Morgan fingerprint density at radius 3 is 2.51 bits per heavy atom. The lowest BCUT2D eigenvalue weighted by Gasteiger charge is -2.34. The Bertz CT molecular complexity index is 1590. The molecule has 43 heavy (non-hydrogen) atoms. The second-order valence-electron chi connectivity index (χ2n) is 10.8. The van der Waals surface area contributed by atoms with E-state index in [1.807, 2.05) is 25.1 Å². The van der Waals surface area contributed by atoms with Gasteiger partial charge in [-0.1, -0.05) is 30.3 Å². The predicted molar refractivity (Wildman–Crippen MR) is 165 cm³/mol. The van der Waals surface area contributed by atoms with E-state index in [0.29, 0.717) is 36.6 Å². The van der Waals surface area contributed by atoms with Crippen LogP contribution in [0.3, 0.4) is 0 Å². The zero-order chi connectivity index (χ0) is 30.5. The summed E-state index contributed by atoms with van der Waals surface area (Å²) in [6.07, 6.45) is 1.67. The van der Waals surface area contributed by atoms with E-state index in [1.54, 1.807) is 29.2 Å². The van der Waals surface area contributed by atoms with Crippen LogP contribution in [0.2, 0.25) is 0 Å². The number of carbonyl (C=O) groups is 1. The van der Waals surface area contributed by atoms with Crippen molar-refractivity contribution in [2.24, 2.45) is 0 Å². The molecule has 1 unspecified atom stereocenters. The van der Waals surface area contributed by atoms with E-state index in [0.717, 1.165) is 52.8 Å². The smallest absolute Gasteiger partial charge is 0.258 e. The Morgan fingerprint density at radius 1 is 1.05 bits per heavy atom. The largest absolute Gasteiger partial charge is 0.493 e. The molecule has 9 heteroatoms. The molecule has 0 saturated carbocycles. The first kappa shape index (κ1) is 30.1. The summed E-state index contributed by atoms with van der Waals surface area (Å²) in [5, 5.41) is 11.5. The molecule has 8 nitrogen and oxygen atoms in total. The number of ether oxygens (including phenoxy) is 3. The molecule has 1 N–H and O–H groups in total. The zero-order valence-electron chi connectivity index (χ0n) is 25.1. The van der Waals surface area contributed by atoms with Crippen LogP contribution < -0.4 is 19.1 Å². The number of β-amino-alcohol motifs (C(OH)–C–C–N with tert-alkyl or cyclic N) is 1. The molecular formula is C34H38FN3O5. The number of benzene rings is 3. The van der Waals surface area contributed by atoms with Gasteiger partial charge in [-0.15, -0.1) is 0 Å². The minimum atomic E-state index is -0.441. The van der Waals surface area contributed by atoms with Crippen LogP contribution in [0.4, 0.5) is 10.2 Å². The highest BCUT2D eigenvalue weighted by Gasteiger charge is 2.28. The average Bonchev–Trinajstić information content (AvgIpc) is 3.02. The standard InChI is InChI=1S/C34H38FN3O5/c1-22-7-5-8-24-19-25(33(36-30(22)24)37-17-6-9-27(39)21-37)20-38(18-16-23-10-12-26(35)13-11-23)34(40)28-14-15-29(41-2)32(43-4)31(28)42-3/h5,7-8,10-15,19,27,39H,6,9,16-18,20-21H2,1-4H3. The minimum absolute atomic E-state index is 0.256. The first-order valence-corrected chi connectivity index (χ1v) is 14.5. The number of methoxy groups -OCH3 is 3. The summed E-state index contributed by atoms with van der Waals surface area (Å²) in [5.74, 6) is 1.27. The number of aromatic nitrogens is 1. The minimum Gasteiger partial charge on any atom is -0.493 e. The maximum Gasteiger partial charge on any atom is 0.258 e. The number of rotatable bonds is 10. The van der Waals surface area contributed by atoms with E-state index in [2.05, 4.69) is 11.0 Å². The van der Waals surface area contributed by atoms with Crippen molar-refractivity contribution in [2.75, 3.05) is 45.9 Å². The number of nitrogens with zero attached hydrogens (tertiary/aromatic N) is 3. The third-order valence-electron chi connectivity index (χ3n) is 7.97. The quantitative estimate of drug-likeness (QED) is 0.260. The highest BCUT2D eigenvalue weighted by Crippen LogP contribution is 2.40. The third kappa shape index (κ3) is 6.51. The maximum absolute atomic E-state index is 14.3. The Balaban J connectivity index is 1.58. The number of fused-ring (bicyclic) bond motifs is 1. The number of para-hydroxylation sites is 1. The first-order chi connectivity index (χ1) is 20.8. The highest BCUT2D eigenvalue weighted by atomic mass is 19.1. The summed E-state index contributed by atoms with van der Waals surface area (Å²) < 4.78 is 30.3. The lowest BCUT2D eigenvalue weighted by Crippen LogP contribution is -2.40. The van der Waals surface area contributed by atoms with Gasteiger partial charge in [0, 0.05) is 37.1 Å². The number of aliphatic hydroxyl groups is 1. The Hall–Kier alpha value is -4.37. The van der Waals surface area contributed by atoms with Crippen LogP contribution in [0.5, 0.6) is 17.2 Å². The molecule has 1 fully saturated rings. The van der Waals surface area contributed by atoms with Crippen LogP contribution in [0.25, 0.3) is 10.9 Å². The normalized spacial score (nSPS) is 14.9. The second-order valence-corrected chi connectivity index (χ2v) is 10.8. The molecule has 0 radical (unpaired) electrons. The molecular weight excluding hydrogens is 549 g/mol. The molecule has 1 aliphatic rings. The monoisotopic (exact) mass is 587 g/mol. The number of aryl methyl sites for hydroxylation is 1. The average molecular weight is 588 g/mol. The van der Waals surface area contributed by atoms with Gasteiger partial charge in [-0.3, -0.25) is 4.79 Å². The number of amides is 1. The van der Waals surface area contributed by atoms with Gasteiger partial charge in [0.1, 0.15) is 11.6 Å². The molecule has 3 aromatic carbocycles. The Morgan fingerprint density at radius 2 is 1.81 bits per heavy atom. The number of anilines is 1. The predicted octanol–water partition coefficient (Wildman–Crippen LogP) is 5.55. The molecule has 1 aliphatic heterocycles. The lowest BCUT2D eigenvalue weighted by atomic mass is 10.0. The Kier molecular flexibility index (Phi) is 9.31. The van der Waals surface area contributed by atoms with Gasteiger partial charge in [-0.2, -0.15) is 0 Å². The van der Waals surface area contributed by atoms with E-state index >= 15 is 0 Å². The summed E-state index contributed by atoms with van der Waals surface area (Å²) in [6.45, 7) is 3.89. The molecule has 5 rings (SSSR count). The van der Waals surface area contributed by atoms with Gasteiger partial charge in [0.25, 0.3) is 5.91 Å². The van der Waals surface area contributed by atoms with Crippen molar-refractivity contribution in [3.63, 3.8) is 0 Å². The van der Waals surface area contributed by atoms with Gasteiger partial charge in [0.15, 0.2) is 11.5 Å².